The average Bonchev–Trinajstić information content (AvgIpc) is 3.39. The third-order valence-electron chi connectivity index (χ3n) is 5.39. The number of nitrogens with zero attached hydrogens (tertiary/aromatic N) is 3. The molecule has 0 saturated carbocycles. The van der Waals surface area contributed by atoms with Gasteiger partial charge in [0, 0.05) is 31.0 Å². The number of amides is 1. The molecule has 29 heavy (non-hydrogen) atoms. The monoisotopic (exact) mass is 391 g/mol. The van der Waals surface area contributed by atoms with Gasteiger partial charge in [0.05, 0.1) is 7.11 Å². The smallest absolute Gasteiger partial charge is 0.227 e. The molecule has 1 amide bonds. The molecule has 1 aromatic heterocycles. The van der Waals surface area contributed by atoms with Crippen LogP contribution in [0.15, 0.2) is 53.1 Å². The van der Waals surface area contributed by atoms with Crippen LogP contribution in [0.3, 0.4) is 0 Å². The molecule has 0 radical (unpaired) electrons. The lowest BCUT2D eigenvalue weighted by Crippen LogP contribution is -2.24. The van der Waals surface area contributed by atoms with Gasteiger partial charge in [-0.15, -0.1) is 0 Å². The predicted octanol–water partition coefficient (Wildman–Crippen LogP) is 3.95. The molecule has 0 bridgehead atoms. The van der Waals surface area contributed by atoms with Gasteiger partial charge in [-0.1, -0.05) is 36.3 Å². The summed E-state index contributed by atoms with van der Waals surface area (Å²) in [6.45, 7) is 2.70. The highest BCUT2D eigenvalue weighted by molar-refractivity contribution is 5.96. The summed E-state index contributed by atoms with van der Waals surface area (Å²) in [5, 5.41) is 4.15. The quantitative estimate of drug-likeness (QED) is 0.610. The molecule has 2 heterocycles. The Balaban J connectivity index is 1.39. The average molecular weight is 391 g/mol. The van der Waals surface area contributed by atoms with Gasteiger partial charge < -0.3 is 14.2 Å². The summed E-state index contributed by atoms with van der Waals surface area (Å²) < 4.78 is 10.6. The predicted molar refractivity (Wildman–Crippen MR) is 110 cm³/mol. The first kappa shape index (κ1) is 19.2. The van der Waals surface area contributed by atoms with E-state index >= 15 is 0 Å². The van der Waals surface area contributed by atoms with Crippen LogP contribution in [0.2, 0.25) is 0 Å². The maximum absolute atomic E-state index is 12.6. The van der Waals surface area contributed by atoms with E-state index in [1.807, 2.05) is 41.3 Å². The highest BCUT2D eigenvalue weighted by atomic mass is 16.5. The molecule has 2 aromatic carbocycles. The van der Waals surface area contributed by atoms with E-state index in [1.54, 1.807) is 7.11 Å². The molecule has 3 aromatic rings. The summed E-state index contributed by atoms with van der Waals surface area (Å²) in [5.74, 6) is 2.14. The number of carbonyl (C=O) groups is 1. The fraction of sp³-hybridized carbons (Fsp3) is 0.348. The number of ether oxygens (including phenoxy) is 1. The van der Waals surface area contributed by atoms with E-state index in [4.69, 9.17) is 9.26 Å². The van der Waals surface area contributed by atoms with Crippen LogP contribution in [-0.4, -0.2) is 29.7 Å². The second kappa shape index (κ2) is 8.47. The minimum Gasteiger partial charge on any atom is -0.497 e. The first-order valence-corrected chi connectivity index (χ1v) is 10.0. The molecule has 4 rings (SSSR count). The lowest BCUT2D eigenvalue weighted by Gasteiger charge is -2.17. The normalized spacial score (nSPS) is 16.4. The number of methoxy groups -OCH3 is 1. The lowest BCUT2D eigenvalue weighted by atomic mass is 10.1. The zero-order valence-corrected chi connectivity index (χ0v) is 16.8. The van der Waals surface area contributed by atoms with E-state index in [9.17, 15) is 4.79 Å². The van der Waals surface area contributed by atoms with Crippen molar-refractivity contribution in [2.24, 2.45) is 0 Å². The zero-order valence-electron chi connectivity index (χ0n) is 16.8. The number of carbonyl (C=O) groups excluding carboxylic acids is 1. The van der Waals surface area contributed by atoms with Crippen molar-refractivity contribution in [2.75, 3.05) is 18.6 Å². The van der Waals surface area contributed by atoms with Crippen molar-refractivity contribution in [3.05, 3.63) is 71.4 Å². The van der Waals surface area contributed by atoms with Gasteiger partial charge >= 0.3 is 0 Å². The Hall–Kier alpha value is -3.15. The Morgan fingerprint density at radius 1 is 1.14 bits per heavy atom. The van der Waals surface area contributed by atoms with Crippen LogP contribution in [0.5, 0.6) is 5.75 Å². The SMILES string of the molecule is CCc1cccc(N2CC(c3noc(CCc4ccc(OC)cc4)n3)CC2=O)c1. The Morgan fingerprint density at radius 3 is 2.72 bits per heavy atom. The van der Waals surface area contributed by atoms with Crippen molar-refractivity contribution in [3.8, 4) is 5.75 Å². The number of aromatic nitrogens is 2. The first-order chi connectivity index (χ1) is 14.2. The molecule has 1 aliphatic rings. The van der Waals surface area contributed by atoms with Crippen LogP contribution in [-0.2, 0) is 24.1 Å². The molecule has 1 aliphatic heterocycles. The van der Waals surface area contributed by atoms with Gasteiger partial charge in [-0.25, -0.2) is 0 Å². The summed E-state index contributed by atoms with van der Waals surface area (Å²) in [4.78, 5) is 18.9. The Labute approximate surface area is 170 Å². The summed E-state index contributed by atoms with van der Waals surface area (Å²) >= 11 is 0. The summed E-state index contributed by atoms with van der Waals surface area (Å²) in [7, 11) is 1.66. The molecular weight excluding hydrogens is 366 g/mol. The molecule has 1 fully saturated rings. The zero-order chi connectivity index (χ0) is 20.2. The summed E-state index contributed by atoms with van der Waals surface area (Å²) in [6.07, 6.45) is 2.84. The van der Waals surface area contributed by atoms with Gasteiger partial charge in [-0.2, -0.15) is 4.98 Å². The van der Waals surface area contributed by atoms with Crippen molar-refractivity contribution >= 4 is 11.6 Å². The van der Waals surface area contributed by atoms with E-state index in [1.165, 1.54) is 11.1 Å². The Kier molecular flexibility index (Phi) is 5.60. The van der Waals surface area contributed by atoms with E-state index in [0.29, 0.717) is 31.1 Å². The van der Waals surface area contributed by atoms with Gasteiger partial charge in [0.2, 0.25) is 11.8 Å². The van der Waals surface area contributed by atoms with Crippen LogP contribution in [0.25, 0.3) is 0 Å². The molecule has 6 nitrogen and oxygen atoms in total. The second-order valence-corrected chi connectivity index (χ2v) is 7.32. The van der Waals surface area contributed by atoms with E-state index in [0.717, 1.165) is 24.3 Å². The second-order valence-electron chi connectivity index (χ2n) is 7.32. The van der Waals surface area contributed by atoms with Crippen molar-refractivity contribution in [1.82, 2.24) is 10.1 Å². The van der Waals surface area contributed by atoms with Crippen LogP contribution in [0.4, 0.5) is 5.69 Å². The fourth-order valence-electron chi connectivity index (χ4n) is 3.65. The van der Waals surface area contributed by atoms with Crippen molar-refractivity contribution in [3.63, 3.8) is 0 Å². The van der Waals surface area contributed by atoms with Crippen molar-refractivity contribution < 1.29 is 14.1 Å². The molecule has 0 aliphatic carbocycles. The molecule has 1 unspecified atom stereocenters. The molecule has 6 heteroatoms. The van der Waals surface area contributed by atoms with Gasteiger partial charge in [0.25, 0.3) is 0 Å². The van der Waals surface area contributed by atoms with Crippen LogP contribution < -0.4 is 9.64 Å². The highest BCUT2D eigenvalue weighted by Gasteiger charge is 2.34. The van der Waals surface area contributed by atoms with Crippen LogP contribution in [0.1, 0.15) is 42.1 Å². The van der Waals surface area contributed by atoms with Gasteiger partial charge in [0.15, 0.2) is 5.82 Å². The Morgan fingerprint density at radius 2 is 1.97 bits per heavy atom. The number of hydrogen-bond donors (Lipinski definition) is 0. The first-order valence-electron chi connectivity index (χ1n) is 10.0. The fourth-order valence-corrected chi connectivity index (χ4v) is 3.65. The van der Waals surface area contributed by atoms with E-state index in [-0.39, 0.29) is 11.8 Å². The number of aryl methyl sites for hydroxylation is 3. The standard InChI is InChI=1S/C23H25N3O3/c1-3-16-5-4-6-19(13-16)26-15-18(14-22(26)27)23-24-21(29-25-23)12-9-17-7-10-20(28-2)11-8-17/h4-8,10-11,13,18H,3,9,12,14-15H2,1-2H3. The third kappa shape index (κ3) is 4.31. The van der Waals surface area contributed by atoms with Crippen molar-refractivity contribution in [1.29, 1.82) is 0 Å². The molecule has 0 N–H and O–H groups in total. The van der Waals surface area contributed by atoms with Gasteiger partial charge in [0.1, 0.15) is 5.75 Å². The third-order valence-corrected chi connectivity index (χ3v) is 5.39. The topological polar surface area (TPSA) is 68.5 Å². The van der Waals surface area contributed by atoms with Gasteiger partial charge in [-0.3, -0.25) is 4.79 Å². The highest BCUT2D eigenvalue weighted by Crippen LogP contribution is 2.31. The number of hydrogen-bond acceptors (Lipinski definition) is 5. The minimum absolute atomic E-state index is 0.0359. The maximum Gasteiger partial charge on any atom is 0.227 e. The number of benzene rings is 2. The van der Waals surface area contributed by atoms with Crippen molar-refractivity contribution in [2.45, 2.75) is 38.5 Å². The van der Waals surface area contributed by atoms with Gasteiger partial charge in [-0.05, 0) is 48.2 Å². The number of anilines is 1. The van der Waals surface area contributed by atoms with Crippen LogP contribution >= 0.6 is 0 Å². The van der Waals surface area contributed by atoms with E-state index in [2.05, 4.69) is 29.2 Å². The van der Waals surface area contributed by atoms with E-state index < -0.39 is 0 Å². The Bertz CT molecular complexity index is 981. The minimum atomic E-state index is -0.0359. The summed E-state index contributed by atoms with van der Waals surface area (Å²) in [5.41, 5.74) is 3.35. The van der Waals surface area contributed by atoms with Crippen LogP contribution in [0, 0.1) is 0 Å². The molecule has 150 valence electrons. The maximum atomic E-state index is 12.6. The molecule has 1 atom stereocenters. The molecule has 1 saturated heterocycles. The largest absolute Gasteiger partial charge is 0.497 e. The molecule has 0 spiro atoms. The summed E-state index contributed by atoms with van der Waals surface area (Å²) in [6, 6.07) is 16.1. The molecular formula is C23H25N3O3. The lowest BCUT2D eigenvalue weighted by molar-refractivity contribution is -0.117. The number of rotatable bonds is 7.